The van der Waals surface area contributed by atoms with Crippen LogP contribution in [0.4, 0.5) is 0 Å². The second-order valence-corrected chi connectivity index (χ2v) is 9.41. The molecule has 1 aromatic rings. The molecule has 19 heavy (non-hydrogen) atoms. The molecule has 0 N–H and O–H groups in total. The maximum atomic E-state index is 6.66. The Morgan fingerprint density at radius 3 is 2.58 bits per heavy atom. The normalized spacial score (nSPS) is 35.6. The topological polar surface area (TPSA) is 12.5 Å². The molecule has 2 aliphatic heterocycles. The molecule has 2 aliphatic rings. The van der Waals surface area contributed by atoms with E-state index < -0.39 is 8.30 Å². The number of benzene rings is 1. The van der Waals surface area contributed by atoms with Crippen LogP contribution in [-0.4, -0.2) is 22.4 Å². The highest BCUT2D eigenvalue weighted by atomic mass is 31.2. The predicted octanol–water partition coefficient (Wildman–Crippen LogP) is 4.51. The van der Waals surface area contributed by atoms with E-state index >= 15 is 0 Å². The third-order valence-electron chi connectivity index (χ3n) is 4.29. The van der Waals surface area contributed by atoms with Gasteiger partial charge in [-0.3, -0.25) is 4.67 Å². The Morgan fingerprint density at radius 2 is 1.95 bits per heavy atom. The molecule has 0 saturated carbocycles. The monoisotopic (exact) mass is 277 g/mol. The fourth-order valence-corrected chi connectivity index (χ4v) is 6.01. The summed E-state index contributed by atoms with van der Waals surface area (Å²) in [6.45, 7) is 10.4. The molecule has 0 radical (unpaired) electrons. The molecular formula is C16H24NOP. The van der Waals surface area contributed by atoms with E-state index in [1.807, 2.05) is 0 Å². The van der Waals surface area contributed by atoms with Gasteiger partial charge in [-0.2, -0.15) is 0 Å². The number of rotatable bonds is 1. The van der Waals surface area contributed by atoms with Crippen molar-refractivity contribution in [3.05, 3.63) is 35.9 Å². The van der Waals surface area contributed by atoms with Crippen LogP contribution < -0.4 is 0 Å². The van der Waals surface area contributed by atoms with E-state index in [0.717, 1.165) is 0 Å². The quantitative estimate of drug-likeness (QED) is 0.700. The molecule has 0 bridgehead atoms. The zero-order valence-corrected chi connectivity index (χ0v) is 13.3. The summed E-state index contributed by atoms with van der Waals surface area (Å²) in [5, 5.41) is 0.227. The second kappa shape index (κ2) is 4.55. The number of fused-ring (bicyclic) bond motifs is 1. The van der Waals surface area contributed by atoms with E-state index in [0.29, 0.717) is 6.04 Å². The third kappa shape index (κ3) is 2.14. The standard InChI is InChI=1S/C16H24NOP/c1-15(2,3)19-17-12-8-11-14(17)16(4,18-19)13-9-6-5-7-10-13/h5-7,9-10,14H,8,11-12H2,1-4H3/t14-,16+,19+/m1/s1. The highest BCUT2D eigenvalue weighted by Crippen LogP contribution is 2.67. The van der Waals surface area contributed by atoms with Gasteiger partial charge < -0.3 is 4.52 Å². The van der Waals surface area contributed by atoms with Gasteiger partial charge in [0.2, 0.25) is 0 Å². The summed E-state index contributed by atoms with van der Waals surface area (Å²) in [7, 11) is -0.505. The molecule has 2 heterocycles. The number of hydrogen-bond donors (Lipinski definition) is 0. The van der Waals surface area contributed by atoms with Crippen molar-refractivity contribution in [3.63, 3.8) is 0 Å². The summed E-state index contributed by atoms with van der Waals surface area (Å²) < 4.78 is 9.31. The van der Waals surface area contributed by atoms with Crippen LogP contribution in [0, 0.1) is 0 Å². The van der Waals surface area contributed by atoms with Gasteiger partial charge in [0.25, 0.3) is 0 Å². The lowest BCUT2D eigenvalue weighted by Gasteiger charge is -2.32. The van der Waals surface area contributed by atoms with Gasteiger partial charge in [0.15, 0.2) is 0 Å². The Bertz CT molecular complexity index is 456. The molecule has 2 nitrogen and oxygen atoms in total. The number of hydrogen-bond acceptors (Lipinski definition) is 2. The maximum Gasteiger partial charge on any atom is 0.112 e. The lowest BCUT2D eigenvalue weighted by molar-refractivity contribution is 0.0870. The van der Waals surface area contributed by atoms with Crippen LogP contribution in [0.3, 0.4) is 0 Å². The molecule has 0 aromatic heterocycles. The van der Waals surface area contributed by atoms with Gasteiger partial charge in [-0.25, -0.2) is 0 Å². The van der Waals surface area contributed by atoms with Gasteiger partial charge in [-0.05, 0) is 25.3 Å². The third-order valence-corrected chi connectivity index (χ3v) is 6.94. The largest absolute Gasteiger partial charge is 0.331 e. The van der Waals surface area contributed by atoms with E-state index in [4.69, 9.17) is 4.52 Å². The molecular weight excluding hydrogens is 253 g/mol. The van der Waals surface area contributed by atoms with Crippen molar-refractivity contribution in [2.45, 2.75) is 57.3 Å². The van der Waals surface area contributed by atoms with Crippen molar-refractivity contribution >= 4 is 8.30 Å². The Morgan fingerprint density at radius 1 is 1.26 bits per heavy atom. The first kappa shape index (κ1) is 13.5. The predicted molar refractivity (Wildman–Crippen MR) is 81.3 cm³/mol. The van der Waals surface area contributed by atoms with Gasteiger partial charge in [0.05, 0.1) is 0 Å². The fourth-order valence-electron chi connectivity index (χ4n) is 3.36. The molecule has 0 spiro atoms. The van der Waals surface area contributed by atoms with E-state index in [-0.39, 0.29) is 10.8 Å². The SMILES string of the molecule is CC(C)(C)[P@]1O[C@@](C)(c2ccccc2)[C@H]2CCCN21. The van der Waals surface area contributed by atoms with E-state index in [2.05, 4.69) is 62.7 Å². The first-order chi connectivity index (χ1) is 8.93. The molecule has 3 atom stereocenters. The average molecular weight is 277 g/mol. The Labute approximate surface area is 118 Å². The molecule has 0 amide bonds. The zero-order chi connectivity index (χ0) is 13.7. The smallest absolute Gasteiger partial charge is 0.112 e. The van der Waals surface area contributed by atoms with Gasteiger partial charge in [-0.15, -0.1) is 0 Å². The molecule has 0 unspecified atom stereocenters. The first-order valence-corrected chi connectivity index (χ1v) is 8.45. The molecule has 0 aliphatic carbocycles. The van der Waals surface area contributed by atoms with Crippen LogP contribution in [0.15, 0.2) is 30.3 Å². The molecule has 2 saturated heterocycles. The first-order valence-electron chi connectivity index (χ1n) is 7.24. The zero-order valence-electron chi connectivity index (χ0n) is 12.4. The van der Waals surface area contributed by atoms with Crippen molar-refractivity contribution in [1.29, 1.82) is 0 Å². The molecule has 3 rings (SSSR count). The molecule has 1 aromatic carbocycles. The summed E-state index contributed by atoms with van der Waals surface area (Å²) in [6, 6.07) is 11.3. The lowest BCUT2D eigenvalue weighted by Crippen LogP contribution is -2.36. The summed E-state index contributed by atoms with van der Waals surface area (Å²) in [6.07, 6.45) is 2.58. The molecule has 3 heteroatoms. The van der Waals surface area contributed by atoms with E-state index in [1.165, 1.54) is 24.9 Å². The summed E-state index contributed by atoms with van der Waals surface area (Å²) in [5.41, 5.74) is 1.21. The van der Waals surface area contributed by atoms with Crippen molar-refractivity contribution in [1.82, 2.24) is 4.67 Å². The van der Waals surface area contributed by atoms with Crippen molar-refractivity contribution in [2.75, 3.05) is 6.54 Å². The minimum atomic E-state index is -0.505. The van der Waals surface area contributed by atoms with Crippen LogP contribution in [0.5, 0.6) is 0 Å². The average Bonchev–Trinajstić information content (AvgIpc) is 2.93. The van der Waals surface area contributed by atoms with Crippen molar-refractivity contribution < 1.29 is 4.52 Å². The van der Waals surface area contributed by atoms with Gasteiger partial charge in [0, 0.05) is 17.7 Å². The van der Waals surface area contributed by atoms with E-state index in [1.54, 1.807) is 0 Å². The van der Waals surface area contributed by atoms with Crippen LogP contribution in [0.25, 0.3) is 0 Å². The summed E-state index contributed by atoms with van der Waals surface area (Å²) in [5.74, 6) is 0. The minimum Gasteiger partial charge on any atom is -0.331 e. The maximum absolute atomic E-state index is 6.66. The minimum absolute atomic E-state index is 0.128. The molecule has 104 valence electrons. The van der Waals surface area contributed by atoms with Gasteiger partial charge in [-0.1, -0.05) is 51.1 Å². The van der Waals surface area contributed by atoms with Crippen LogP contribution >= 0.6 is 8.30 Å². The van der Waals surface area contributed by atoms with Crippen molar-refractivity contribution in [3.8, 4) is 0 Å². The number of nitrogens with zero attached hydrogens (tertiary/aromatic N) is 1. The Kier molecular flexibility index (Phi) is 3.24. The Hall–Kier alpha value is -0.430. The highest BCUT2D eigenvalue weighted by Gasteiger charge is 2.56. The second-order valence-electron chi connectivity index (χ2n) is 6.83. The van der Waals surface area contributed by atoms with Crippen molar-refractivity contribution in [2.24, 2.45) is 0 Å². The van der Waals surface area contributed by atoms with Gasteiger partial charge >= 0.3 is 0 Å². The Balaban J connectivity index is 1.99. The van der Waals surface area contributed by atoms with Crippen LogP contribution in [0.2, 0.25) is 0 Å². The fraction of sp³-hybridized carbons (Fsp3) is 0.625. The summed E-state index contributed by atoms with van der Waals surface area (Å²) >= 11 is 0. The van der Waals surface area contributed by atoms with Gasteiger partial charge in [0.1, 0.15) is 13.9 Å². The highest BCUT2D eigenvalue weighted by molar-refractivity contribution is 7.52. The van der Waals surface area contributed by atoms with Crippen LogP contribution in [0.1, 0.15) is 46.1 Å². The van der Waals surface area contributed by atoms with E-state index in [9.17, 15) is 0 Å². The molecule has 2 fully saturated rings. The lowest BCUT2D eigenvalue weighted by atomic mass is 9.87. The van der Waals surface area contributed by atoms with Crippen LogP contribution in [-0.2, 0) is 10.1 Å². The summed E-state index contributed by atoms with van der Waals surface area (Å²) in [4.78, 5) is 0.